The highest BCUT2D eigenvalue weighted by Gasteiger charge is 2.23. The van der Waals surface area contributed by atoms with Gasteiger partial charge in [0.25, 0.3) is 11.5 Å². The zero-order chi connectivity index (χ0) is 15.7. The van der Waals surface area contributed by atoms with Gasteiger partial charge in [-0.25, -0.2) is 4.98 Å². The van der Waals surface area contributed by atoms with E-state index in [1.54, 1.807) is 11.9 Å². The third-order valence-corrected chi connectivity index (χ3v) is 3.70. The first kappa shape index (κ1) is 14.3. The lowest BCUT2D eigenvalue weighted by molar-refractivity contribution is 0.0732. The van der Waals surface area contributed by atoms with Crippen LogP contribution in [0.2, 0.25) is 0 Å². The maximum atomic E-state index is 12.6. The number of fused-ring (bicyclic) bond motifs is 1. The third-order valence-electron chi connectivity index (χ3n) is 3.70. The average Bonchev–Trinajstić information content (AvgIpc) is 2.74. The molecule has 114 valence electrons. The molecule has 2 heterocycles. The summed E-state index contributed by atoms with van der Waals surface area (Å²) in [6.45, 7) is 2.96. The van der Waals surface area contributed by atoms with Gasteiger partial charge in [0.1, 0.15) is 12.3 Å². The van der Waals surface area contributed by atoms with E-state index in [1.807, 2.05) is 31.2 Å². The fraction of sp³-hybridized carbons (Fsp3) is 0.312. The summed E-state index contributed by atoms with van der Waals surface area (Å²) in [6, 6.07) is 7.43. The first-order valence-corrected chi connectivity index (χ1v) is 7.09. The van der Waals surface area contributed by atoms with Crippen molar-refractivity contribution in [2.45, 2.75) is 13.5 Å². The summed E-state index contributed by atoms with van der Waals surface area (Å²) in [5.74, 6) is 0.156. The van der Waals surface area contributed by atoms with Crippen LogP contribution in [0.1, 0.15) is 21.6 Å². The largest absolute Gasteiger partial charge is 0.485 e. The molecule has 0 unspecified atom stereocenters. The number of nitrogens with zero attached hydrogens (tertiary/aromatic N) is 3. The van der Waals surface area contributed by atoms with E-state index in [0.717, 1.165) is 5.56 Å². The summed E-state index contributed by atoms with van der Waals surface area (Å²) in [5.41, 5.74) is 2.00. The van der Waals surface area contributed by atoms with Crippen LogP contribution in [0.15, 0.2) is 35.4 Å². The Hall–Kier alpha value is -2.63. The van der Waals surface area contributed by atoms with E-state index in [-0.39, 0.29) is 30.4 Å². The molecule has 0 radical (unpaired) electrons. The molecule has 0 aliphatic carbocycles. The van der Waals surface area contributed by atoms with Gasteiger partial charge in [0, 0.05) is 12.6 Å². The molecule has 1 aliphatic heterocycles. The Morgan fingerprint density at radius 3 is 2.73 bits per heavy atom. The predicted octanol–water partition coefficient (Wildman–Crippen LogP) is 1.12. The number of hydrogen-bond acceptors (Lipinski definition) is 4. The number of ether oxygens (including phenoxy) is 1. The molecule has 1 amide bonds. The highest BCUT2D eigenvalue weighted by molar-refractivity contribution is 5.94. The molecule has 6 nitrogen and oxygen atoms in total. The minimum Gasteiger partial charge on any atom is -0.485 e. The van der Waals surface area contributed by atoms with Gasteiger partial charge in [0.05, 0.1) is 19.4 Å². The maximum Gasteiger partial charge on any atom is 0.295 e. The van der Waals surface area contributed by atoms with E-state index in [0.29, 0.717) is 17.8 Å². The molecule has 22 heavy (non-hydrogen) atoms. The summed E-state index contributed by atoms with van der Waals surface area (Å²) in [6.07, 6.45) is 1.45. The second kappa shape index (κ2) is 5.63. The van der Waals surface area contributed by atoms with Crippen LogP contribution in [0.3, 0.4) is 0 Å². The van der Waals surface area contributed by atoms with E-state index >= 15 is 0 Å². The van der Waals surface area contributed by atoms with Crippen LogP contribution in [0.5, 0.6) is 5.75 Å². The fourth-order valence-electron chi connectivity index (χ4n) is 2.38. The molecule has 0 bridgehead atoms. The lowest BCUT2D eigenvalue weighted by Gasteiger charge is -2.19. The van der Waals surface area contributed by atoms with Gasteiger partial charge in [-0.15, -0.1) is 0 Å². The first-order valence-electron chi connectivity index (χ1n) is 7.09. The Balaban J connectivity index is 1.90. The molecule has 3 rings (SSSR count). The Morgan fingerprint density at radius 2 is 2.00 bits per heavy atom. The lowest BCUT2D eigenvalue weighted by Crippen LogP contribution is -2.32. The zero-order valence-electron chi connectivity index (χ0n) is 12.6. The predicted molar refractivity (Wildman–Crippen MR) is 80.9 cm³/mol. The standard InChI is InChI=1S/C16H17N3O3/c1-11-3-5-12(6-4-11)15(20)19-7-8-22-14-13(9-19)17-10-18(2)16(14)21/h3-6,10H,7-9H2,1-2H3. The van der Waals surface area contributed by atoms with Gasteiger partial charge in [0.2, 0.25) is 5.75 Å². The van der Waals surface area contributed by atoms with Crippen molar-refractivity contribution in [1.82, 2.24) is 14.5 Å². The molecule has 2 aromatic rings. The number of carbonyl (C=O) groups is 1. The van der Waals surface area contributed by atoms with E-state index in [2.05, 4.69) is 4.98 Å². The van der Waals surface area contributed by atoms with Crippen molar-refractivity contribution >= 4 is 5.91 Å². The second-order valence-electron chi connectivity index (χ2n) is 5.38. The van der Waals surface area contributed by atoms with Crippen LogP contribution in [0, 0.1) is 6.92 Å². The van der Waals surface area contributed by atoms with Crippen LogP contribution in [0.4, 0.5) is 0 Å². The van der Waals surface area contributed by atoms with Gasteiger partial charge in [-0.05, 0) is 19.1 Å². The highest BCUT2D eigenvalue weighted by atomic mass is 16.5. The SMILES string of the molecule is Cc1ccc(C(=O)N2CCOc3c(ncn(C)c3=O)C2)cc1. The zero-order valence-corrected chi connectivity index (χ0v) is 12.6. The number of rotatable bonds is 1. The van der Waals surface area contributed by atoms with E-state index < -0.39 is 0 Å². The Bertz CT molecular complexity index is 765. The summed E-state index contributed by atoms with van der Waals surface area (Å²) < 4.78 is 6.88. The van der Waals surface area contributed by atoms with E-state index in [4.69, 9.17) is 4.74 Å². The Labute approximate surface area is 128 Å². The fourth-order valence-corrected chi connectivity index (χ4v) is 2.38. The second-order valence-corrected chi connectivity index (χ2v) is 5.38. The Kier molecular flexibility index (Phi) is 3.66. The smallest absolute Gasteiger partial charge is 0.295 e. The number of carbonyl (C=O) groups excluding carboxylic acids is 1. The van der Waals surface area contributed by atoms with Crippen molar-refractivity contribution in [3.63, 3.8) is 0 Å². The average molecular weight is 299 g/mol. The number of amides is 1. The molecule has 6 heteroatoms. The number of hydrogen-bond donors (Lipinski definition) is 0. The minimum atomic E-state index is -0.227. The number of benzene rings is 1. The van der Waals surface area contributed by atoms with Crippen molar-refractivity contribution in [3.8, 4) is 5.75 Å². The minimum absolute atomic E-state index is 0.0843. The van der Waals surface area contributed by atoms with Gasteiger partial charge in [0.15, 0.2) is 0 Å². The van der Waals surface area contributed by atoms with Crippen LogP contribution in [-0.2, 0) is 13.6 Å². The summed E-state index contributed by atoms with van der Waals surface area (Å²) in [5, 5.41) is 0. The molecule has 0 saturated heterocycles. The van der Waals surface area contributed by atoms with Gasteiger partial charge < -0.3 is 9.64 Å². The van der Waals surface area contributed by atoms with Gasteiger partial charge >= 0.3 is 0 Å². The summed E-state index contributed by atoms with van der Waals surface area (Å²) in [7, 11) is 1.62. The van der Waals surface area contributed by atoms with Crippen LogP contribution < -0.4 is 10.3 Å². The molecule has 1 aromatic carbocycles. The molecule has 0 saturated carbocycles. The summed E-state index contributed by atoms with van der Waals surface area (Å²) in [4.78, 5) is 30.5. The third kappa shape index (κ3) is 2.59. The Morgan fingerprint density at radius 1 is 1.27 bits per heavy atom. The monoisotopic (exact) mass is 299 g/mol. The molecule has 0 N–H and O–H groups in total. The first-order chi connectivity index (χ1) is 10.6. The van der Waals surface area contributed by atoms with Crippen molar-refractivity contribution in [3.05, 3.63) is 57.8 Å². The normalized spacial score (nSPS) is 14.0. The van der Waals surface area contributed by atoms with Gasteiger partial charge in [-0.2, -0.15) is 0 Å². The molecule has 0 spiro atoms. The number of aromatic nitrogens is 2. The molecular formula is C16H17N3O3. The van der Waals surface area contributed by atoms with Crippen molar-refractivity contribution < 1.29 is 9.53 Å². The van der Waals surface area contributed by atoms with Crippen LogP contribution in [0.25, 0.3) is 0 Å². The van der Waals surface area contributed by atoms with Gasteiger partial charge in [-0.1, -0.05) is 17.7 Å². The maximum absolute atomic E-state index is 12.6. The molecular weight excluding hydrogens is 282 g/mol. The topological polar surface area (TPSA) is 64.4 Å². The van der Waals surface area contributed by atoms with Crippen LogP contribution >= 0.6 is 0 Å². The summed E-state index contributed by atoms with van der Waals surface area (Å²) >= 11 is 0. The van der Waals surface area contributed by atoms with Crippen molar-refractivity contribution in [1.29, 1.82) is 0 Å². The van der Waals surface area contributed by atoms with E-state index in [1.165, 1.54) is 10.9 Å². The molecule has 0 atom stereocenters. The van der Waals surface area contributed by atoms with Crippen LogP contribution in [-0.4, -0.2) is 33.5 Å². The van der Waals surface area contributed by atoms with Crippen molar-refractivity contribution in [2.24, 2.45) is 7.05 Å². The molecule has 1 aliphatic rings. The van der Waals surface area contributed by atoms with E-state index in [9.17, 15) is 9.59 Å². The quantitative estimate of drug-likeness (QED) is 0.791. The molecule has 0 fully saturated rings. The molecule has 1 aromatic heterocycles. The van der Waals surface area contributed by atoms with Gasteiger partial charge in [-0.3, -0.25) is 14.2 Å². The van der Waals surface area contributed by atoms with Crippen molar-refractivity contribution in [2.75, 3.05) is 13.2 Å². The highest BCUT2D eigenvalue weighted by Crippen LogP contribution is 2.18. The number of aryl methyl sites for hydroxylation is 2. The lowest BCUT2D eigenvalue weighted by atomic mass is 10.1.